The van der Waals surface area contributed by atoms with Crippen molar-refractivity contribution in [3.05, 3.63) is 53.2 Å². The molecule has 2 atom stereocenters. The Morgan fingerprint density at radius 2 is 2.00 bits per heavy atom. The lowest BCUT2D eigenvalue weighted by atomic mass is 9.88. The Balaban J connectivity index is 2.17. The largest absolute Gasteiger partial charge is 0.513 e. The summed E-state index contributed by atoms with van der Waals surface area (Å²) in [7, 11) is 0. The topological polar surface area (TPSA) is 20.2 Å². The smallest absolute Gasteiger partial charge is 0.0886 e. The molecule has 1 aliphatic rings. The molecule has 0 heterocycles. The zero-order valence-electron chi connectivity index (χ0n) is 18.6. The van der Waals surface area contributed by atoms with Gasteiger partial charge in [0.25, 0.3) is 0 Å². The van der Waals surface area contributed by atoms with Crippen LogP contribution in [0.5, 0.6) is 0 Å². The molecule has 27 heavy (non-hydrogen) atoms. The maximum atomic E-state index is 10.2. The Kier molecular flexibility index (Phi) is 12.2. The SMILES string of the molecule is C[CH-]CCC/C(C)=C/CCC(C)CCC/C(O)=C/CC1=CC=C(C)C(C)C1. The first-order chi connectivity index (χ1) is 12.9. The third-order valence-electron chi connectivity index (χ3n) is 5.87. The van der Waals surface area contributed by atoms with Crippen LogP contribution in [0.1, 0.15) is 98.8 Å². The number of aliphatic hydroxyl groups is 1. The fourth-order valence-corrected chi connectivity index (χ4v) is 3.62. The Morgan fingerprint density at radius 1 is 1.22 bits per heavy atom. The van der Waals surface area contributed by atoms with Gasteiger partial charge >= 0.3 is 0 Å². The normalized spacial score (nSPS) is 19.7. The van der Waals surface area contributed by atoms with E-state index < -0.39 is 0 Å². The first-order valence-electron chi connectivity index (χ1n) is 11.1. The molecule has 154 valence electrons. The summed E-state index contributed by atoms with van der Waals surface area (Å²) in [6.07, 6.45) is 22.5. The van der Waals surface area contributed by atoms with E-state index in [-0.39, 0.29) is 0 Å². The molecule has 0 bridgehead atoms. The molecule has 0 aliphatic heterocycles. The highest BCUT2D eigenvalue weighted by atomic mass is 16.3. The minimum atomic E-state index is 0.575. The Hall–Kier alpha value is -1.24. The Labute approximate surface area is 169 Å². The van der Waals surface area contributed by atoms with Gasteiger partial charge in [-0.15, -0.1) is 0 Å². The summed E-state index contributed by atoms with van der Waals surface area (Å²) in [5.41, 5.74) is 4.44. The first kappa shape index (κ1) is 23.8. The van der Waals surface area contributed by atoms with Gasteiger partial charge in [0.15, 0.2) is 0 Å². The summed E-state index contributed by atoms with van der Waals surface area (Å²) in [6.45, 7) is 11.2. The number of rotatable bonds is 13. The van der Waals surface area contributed by atoms with Gasteiger partial charge in [-0.3, -0.25) is 0 Å². The maximum absolute atomic E-state index is 10.2. The molecule has 0 fully saturated rings. The van der Waals surface area contributed by atoms with Gasteiger partial charge in [-0.1, -0.05) is 61.6 Å². The van der Waals surface area contributed by atoms with Crippen LogP contribution in [0.2, 0.25) is 0 Å². The number of aliphatic hydroxyl groups excluding tert-OH is 1. The molecular weight excluding hydrogens is 328 g/mol. The van der Waals surface area contributed by atoms with Crippen LogP contribution in [0.15, 0.2) is 46.8 Å². The number of hydrogen-bond acceptors (Lipinski definition) is 1. The van der Waals surface area contributed by atoms with Crippen molar-refractivity contribution >= 4 is 0 Å². The fraction of sp³-hybridized carbons (Fsp3) is 0.654. The second kappa shape index (κ2) is 13.9. The highest BCUT2D eigenvalue weighted by molar-refractivity contribution is 5.26. The van der Waals surface area contributed by atoms with Crippen molar-refractivity contribution < 1.29 is 5.11 Å². The zero-order valence-corrected chi connectivity index (χ0v) is 18.6. The third-order valence-corrected chi connectivity index (χ3v) is 5.87. The summed E-state index contributed by atoms with van der Waals surface area (Å²) in [4.78, 5) is 0. The van der Waals surface area contributed by atoms with Crippen LogP contribution in [0, 0.1) is 18.3 Å². The van der Waals surface area contributed by atoms with E-state index >= 15 is 0 Å². The van der Waals surface area contributed by atoms with Crippen LogP contribution in [0.4, 0.5) is 0 Å². The molecule has 1 heteroatoms. The van der Waals surface area contributed by atoms with Crippen molar-refractivity contribution in [3.63, 3.8) is 0 Å². The van der Waals surface area contributed by atoms with Crippen LogP contribution in [-0.4, -0.2) is 5.11 Å². The van der Waals surface area contributed by atoms with E-state index in [0.29, 0.717) is 11.7 Å². The summed E-state index contributed by atoms with van der Waals surface area (Å²) in [5, 5.41) is 10.2. The van der Waals surface area contributed by atoms with Gasteiger partial charge in [0.05, 0.1) is 5.76 Å². The third kappa shape index (κ3) is 11.3. The predicted molar refractivity (Wildman–Crippen MR) is 121 cm³/mol. The van der Waals surface area contributed by atoms with E-state index in [4.69, 9.17) is 0 Å². The molecule has 1 N–H and O–H groups in total. The van der Waals surface area contributed by atoms with E-state index in [1.54, 1.807) is 5.57 Å². The molecule has 0 radical (unpaired) electrons. The lowest BCUT2D eigenvalue weighted by molar-refractivity contribution is 0.368. The molecule has 0 aromatic carbocycles. The van der Waals surface area contributed by atoms with E-state index in [1.165, 1.54) is 49.7 Å². The van der Waals surface area contributed by atoms with Crippen molar-refractivity contribution in [1.82, 2.24) is 0 Å². The maximum Gasteiger partial charge on any atom is 0.0886 e. The van der Waals surface area contributed by atoms with Crippen LogP contribution >= 0.6 is 0 Å². The Bertz CT molecular complexity index is 532. The van der Waals surface area contributed by atoms with Gasteiger partial charge in [-0.05, 0) is 70.3 Å². The van der Waals surface area contributed by atoms with Gasteiger partial charge in [-0.2, -0.15) is 13.3 Å². The minimum Gasteiger partial charge on any atom is -0.513 e. The second-order valence-electron chi connectivity index (χ2n) is 8.67. The van der Waals surface area contributed by atoms with Crippen molar-refractivity contribution in [3.8, 4) is 0 Å². The van der Waals surface area contributed by atoms with Gasteiger partial charge in [0.2, 0.25) is 0 Å². The second-order valence-corrected chi connectivity index (χ2v) is 8.67. The van der Waals surface area contributed by atoms with E-state index in [2.05, 4.69) is 59.3 Å². The van der Waals surface area contributed by atoms with Crippen LogP contribution < -0.4 is 0 Å². The highest BCUT2D eigenvalue weighted by Crippen LogP contribution is 2.27. The average molecular weight is 372 g/mol. The number of hydrogen-bond donors (Lipinski definition) is 1. The standard InChI is InChI=1S/C26H43O/c1-6-7-8-11-21(2)12-9-13-22(3)14-10-15-26(27)19-18-25-17-16-23(4)24(5)20-25/h6,12,16-17,19,22,24,27H,7-11,13-15,18,20H2,1-5H3/q-1/b21-12+,26-19-. The molecule has 1 aliphatic carbocycles. The summed E-state index contributed by atoms with van der Waals surface area (Å²) in [5.74, 6) is 1.95. The monoisotopic (exact) mass is 371 g/mol. The molecule has 2 unspecified atom stereocenters. The van der Waals surface area contributed by atoms with Gasteiger partial charge in [0, 0.05) is 6.42 Å². The van der Waals surface area contributed by atoms with Gasteiger partial charge in [-0.25, -0.2) is 0 Å². The van der Waals surface area contributed by atoms with Crippen molar-refractivity contribution in [2.45, 2.75) is 98.8 Å². The Morgan fingerprint density at radius 3 is 2.70 bits per heavy atom. The summed E-state index contributed by atoms with van der Waals surface area (Å²) < 4.78 is 0. The molecule has 0 saturated heterocycles. The van der Waals surface area contributed by atoms with E-state index in [0.717, 1.165) is 31.6 Å². The van der Waals surface area contributed by atoms with Gasteiger partial charge < -0.3 is 11.5 Å². The predicted octanol–water partition coefficient (Wildman–Crippen LogP) is 8.66. The summed E-state index contributed by atoms with van der Waals surface area (Å²) >= 11 is 0. The number of unbranched alkanes of at least 4 members (excludes halogenated alkanes) is 2. The van der Waals surface area contributed by atoms with Crippen molar-refractivity contribution in [1.29, 1.82) is 0 Å². The molecule has 1 rings (SSSR count). The summed E-state index contributed by atoms with van der Waals surface area (Å²) in [6, 6.07) is 0. The van der Waals surface area contributed by atoms with E-state index in [9.17, 15) is 5.11 Å². The van der Waals surface area contributed by atoms with E-state index in [1.807, 2.05) is 6.08 Å². The zero-order chi connectivity index (χ0) is 20.1. The highest BCUT2D eigenvalue weighted by Gasteiger charge is 2.11. The number of allylic oxidation sites excluding steroid dienone is 8. The molecule has 0 aromatic rings. The molecule has 0 spiro atoms. The lowest BCUT2D eigenvalue weighted by Crippen LogP contribution is -2.02. The minimum absolute atomic E-state index is 0.575. The first-order valence-corrected chi connectivity index (χ1v) is 11.1. The fourth-order valence-electron chi connectivity index (χ4n) is 3.62. The molecule has 0 aromatic heterocycles. The van der Waals surface area contributed by atoms with Crippen LogP contribution in [0.3, 0.4) is 0 Å². The van der Waals surface area contributed by atoms with Crippen molar-refractivity contribution in [2.24, 2.45) is 11.8 Å². The van der Waals surface area contributed by atoms with Crippen molar-refractivity contribution in [2.75, 3.05) is 0 Å². The van der Waals surface area contributed by atoms with Crippen LogP contribution in [0.25, 0.3) is 0 Å². The molecule has 1 nitrogen and oxygen atoms in total. The van der Waals surface area contributed by atoms with Gasteiger partial charge in [0.1, 0.15) is 0 Å². The lowest BCUT2D eigenvalue weighted by Gasteiger charge is -2.18. The van der Waals surface area contributed by atoms with Crippen LogP contribution in [-0.2, 0) is 0 Å². The quantitative estimate of drug-likeness (QED) is 0.149. The molecule has 0 amide bonds. The molecular formula is C26H43O-. The molecule has 0 saturated carbocycles. The average Bonchev–Trinajstić information content (AvgIpc) is 2.63.